The van der Waals surface area contributed by atoms with E-state index in [1.165, 1.54) is 13.8 Å². The Bertz CT molecular complexity index is 181. The molecule has 64 valence electrons. The Hall–Kier alpha value is -0.710. The van der Waals surface area contributed by atoms with Gasteiger partial charge in [0.25, 0.3) is 6.17 Å². The molecule has 0 amide bonds. The molecule has 3 nitrogen and oxygen atoms in total. The number of cyclic esters (lactones) is 1. The molecule has 0 N–H and O–H groups in total. The molecule has 1 heterocycles. The van der Waals surface area contributed by atoms with E-state index >= 15 is 0 Å². The molecule has 0 aliphatic carbocycles. The van der Waals surface area contributed by atoms with Gasteiger partial charge in [-0.3, -0.25) is 0 Å². The first-order chi connectivity index (χ1) is 4.92. The third-order valence-corrected chi connectivity index (χ3v) is 1.20. The number of hydrogen-bond acceptors (Lipinski definition) is 3. The largest absolute Gasteiger partial charge is 0.431 e. The molecule has 0 aromatic rings. The Morgan fingerprint density at radius 3 is 2.45 bits per heavy atom. The lowest BCUT2D eigenvalue weighted by Crippen LogP contribution is -2.48. The van der Waals surface area contributed by atoms with Crippen LogP contribution in [0.5, 0.6) is 0 Å². The summed E-state index contributed by atoms with van der Waals surface area (Å²) in [6.07, 6.45) is -4.53. The Labute approximate surface area is 62.3 Å². The number of esters is 1. The molecule has 0 aromatic heterocycles. The summed E-state index contributed by atoms with van der Waals surface area (Å²) in [4.78, 5) is 10.5. The molecule has 1 rings (SSSR count). The highest BCUT2D eigenvalue weighted by atomic mass is 19.2. The summed E-state index contributed by atoms with van der Waals surface area (Å²) in [7, 11) is 0. The number of alkyl halides is 2. The van der Waals surface area contributed by atoms with Gasteiger partial charge in [0.1, 0.15) is 0 Å². The predicted molar refractivity (Wildman–Crippen MR) is 31.0 cm³/mol. The lowest BCUT2D eigenvalue weighted by atomic mass is 10.3. The maximum absolute atomic E-state index is 12.4. The molecule has 0 aromatic carbocycles. The van der Waals surface area contributed by atoms with Crippen molar-refractivity contribution in [1.82, 2.24) is 0 Å². The van der Waals surface area contributed by atoms with Crippen molar-refractivity contribution < 1.29 is 23.0 Å². The summed E-state index contributed by atoms with van der Waals surface area (Å²) in [5.41, 5.74) is 0. The molecule has 5 heteroatoms. The van der Waals surface area contributed by atoms with Crippen LogP contribution in [0, 0.1) is 0 Å². The number of hydrogen-bond donors (Lipinski definition) is 0. The number of carbonyl (C=O) groups excluding carboxylic acids is 1. The van der Waals surface area contributed by atoms with Gasteiger partial charge in [-0.25, -0.2) is 13.6 Å². The molecule has 11 heavy (non-hydrogen) atoms. The van der Waals surface area contributed by atoms with Gasteiger partial charge in [-0.05, 0) is 0 Å². The van der Waals surface area contributed by atoms with Crippen molar-refractivity contribution in [2.75, 3.05) is 0 Å². The Morgan fingerprint density at radius 1 is 1.45 bits per heavy atom. The molecular weight excluding hydrogens is 158 g/mol. The van der Waals surface area contributed by atoms with Gasteiger partial charge in [-0.15, -0.1) is 0 Å². The maximum atomic E-state index is 12.4. The maximum Gasteiger partial charge on any atom is 0.348 e. The van der Waals surface area contributed by atoms with Gasteiger partial charge in [0.2, 0.25) is 12.1 Å². The van der Waals surface area contributed by atoms with E-state index in [-0.39, 0.29) is 0 Å². The van der Waals surface area contributed by atoms with Crippen LogP contribution in [-0.2, 0) is 14.3 Å². The molecular formula is C6H8F2O3. The standard InChI is InChI=1S/C6H8F2O3/c1-6(2)10-4(8)3(7)5(9)11-6/h3-4H,1-2H3. The van der Waals surface area contributed by atoms with E-state index in [4.69, 9.17) is 0 Å². The molecule has 1 fully saturated rings. The van der Waals surface area contributed by atoms with Crippen molar-refractivity contribution in [3.8, 4) is 0 Å². The first-order valence-electron chi connectivity index (χ1n) is 3.11. The smallest absolute Gasteiger partial charge is 0.348 e. The molecule has 0 radical (unpaired) electrons. The summed E-state index contributed by atoms with van der Waals surface area (Å²) in [6.45, 7) is 2.67. The van der Waals surface area contributed by atoms with Crippen LogP contribution < -0.4 is 0 Å². The fourth-order valence-corrected chi connectivity index (χ4v) is 0.760. The molecule has 0 saturated carbocycles. The highest BCUT2D eigenvalue weighted by molar-refractivity contribution is 5.75. The number of halogens is 2. The van der Waals surface area contributed by atoms with Crippen LogP contribution in [0.25, 0.3) is 0 Å². The van der Waals surface area contributed by atoms with E-state index in [0.717, 1.165) is 0 Å². The van der Waals surface area contributed by atoms with Crippen molar-refractivity contribution in [3.05, 3.63) is 0 Å². The van der Waals surface area contributed by atoms with Crippen LogP contribution in [0.15, 0.2) is 0 Å². The molecule has 0 bridgehead atoms. The summed E-state index contributed by atoms with van der Waals surface area (Å²) >= 11 is 0. The van der Waals surface area contributed by atoms with Crippen LogP contribution >= 0.6 is 0 Å². The second-order valence-electron chi connectivity index (χ2n) is 2.69. The van der Waals surface area contributed by atoms with Crippen LogP contribution in [-0.4, -0.2) is 24.3 Å². The molecule has 0 spiro atoms. The zero-order valence-corrected chi connectivity index (χ0v) is 6.14. The lowest BCUT2D eigenvalue weighted by molar-refractivity contribution is -0.297. The van der Waals surface area contributed by atoms with E-state index in [2.05, 4.69) is 9.47 Å². The number of ether oxygens (including phenoxy) is 2. The van der Waals surface area contributed by atoms with Crippen LogP contribution in [0.4, 0.5) is 8.78 Å². The van der Waals surface area contributed by atoms with Gasteiger partial charge in [0, 0.05) is 13.8 Å². The van der Waals surface area contributed by atoms with Crippen LogP contribution in [0.1, 0.15) is 13.8 Å². The molecule has 1 aliphatic heterocycles. The molecule has 1 aliphatic rings. The van der Waals surface area contributed by atoms with E-state index in [1.54, 1.807) is 0 Å². The normalized spacial score (nSPS) is 36.5. The van der Waals surface area contributed by atoms with E-state index in [0.29, 0.717) is 0 Å². The fraction of sp³-hybridized carbons (Fsp3) is 0.833. The SMILES string of the molecule is CC1(C)OC(=O)C(F)C(F)O1. The van der Waals surface area contributed by atoms with Crippen molar-refractivity contribution >= 4 is 5.97 Å². The average molecular weight is 166 g/mol. The predicted octanol–water partition coefficient (Wildman–Crippen LogP) is 0.930. The van der Waals surface area contributed by atoms with Crippen molar-refractivity contribution in [2.24, 2.45) is 0 Å². The van der Waals surface area contributed by atoms with Crippen molar-refractivity contribution in [2.45, 2.75) is 32.2 Å². The summed E-state index contributed by atoms with van der Waals surface area (Å²) < 4.78 is 33.5. The quantitative estimate of drug-likeness (QED) is 0.502. The van der Waals surface area contributed by atoms with Gasteiger partial charge in [0.05, 0.1) is 0 Å². The third-order valence-electron chi connectivity index (χ3n) is 1.20. The summed E-state index contributed by atoms with van der Waals surface area (Å²) in [5.74, 6) is -2.58. The first-order valence-corrected chi connectivity index (χ1v) is 3.11. The average Bonchev–Trinajstić information content (AvgIpc) is 1.81. The fourth-order valence-electron chi connectivity index (χ4n) is 0.760. The molecule has 2 unspecified atom stereocenters. The number of carbonyl (C=O) groups is 1. The van der Waals surface area contributed by atoms with Gasteiger partial charge in [-0.2, -0.15) is 0 Å². The zero-order valence-electron chi connectivity index (χ0n) is 6.14. The number of rotatable bonds is 0. The van der Waals surface area contributed by atoms with Gasteiger partial charge in [-0.1, -0.05) is 0 Å². The second kappa shape index (κ2) is 2.41. The molecule has 1 saturated heterocycles. The van der Waals surface area contributed by atoms with Gasteiger partial charge < -0.3 is 9.47 Å². The monoisotopic (exact) mass is 166 g/mol. The summed E-state index contributed by atoms with van der Waals surface area (Å²) in [5, 5.41) is 0. The van der Waals surface area contributed by atoms with Gasteiger partial charge >= 0.3 is 5.97 Å². The zero-order chi connectivity index (χ0) is 8.65. The van der Waals surface area contributed by atoms with Crippen molar-refractivity contribution in [1.29, 1.82) is 0 Å². The van der Waals surface area contributed by atoms with Crippen LogP contribution in [0.3, 0.4) is 0 Å². The topological polar surface area (TPSA) is 35.5 Å². The first kappa shape index (κ1) is 8.39. The Morgan fingerprint density at radius 2 is 2.00 bits per heavy atom. The Balaban J connectivity index is 2.70. The van der Waals surface area contributed by atoms with E-state index in [9.17, 15) is 13.6 Å². The third kappa shape index (κ3) is 1.65. The van der Waals surface area contributed by atoms with E-state index in [1.807, 2.05) is 0 Å². The highest BCUT2D eigenvalue weighted by Crippen LogP contribution is 2.25. The molecule has 2 atom stereocenters. The second-order valence-corrected chi connectivity index (χ2v) is 2.69. The summed E-state index contributed by atoms with van der Waals surface area (Å²) in [6, 6.07) is 0. The van der Waals surface area contributed by atoms with Crippen molar-refractivity contribution in [3.63, 3.8) is 0 Å². The van der Waals surface area contributed by atoms with Crippen LogP contribution in [0.2, 0.25) is 0 Å². The Kier molecular flexibility index (Phi) is 1.83. The van der Waals surface area contributed by atoms with E-state index < -0.39 is 24.3 Å². The minimum atomic E-state index is -2.32. The lowest BCUT2D eigenvalue weighted by Gasteiger charge is -2.33. The highest BCUT2D eigenvalue weighted by Gasteiger charge is 2.43. The minimum Gasteiger partial charge on any atom is -0.431 e. The minimum absolute atomic E-state index is 1.21. The van der Waals surface area contributed by atoms with Gasteiger partial charge in [0.15, 0.2) is 0 Å².